The molecule has 1 aromatic carbocycles. The highest BCUT2D eigenvalue weighted by atomic mass is 32.2. The Morgan fingerprint density at radius 2 is 2.09 bits per heavy atom. The first-order valence-electron chi connectivity index (χ1n) is 11.2. The molecule has 8 nitrogen and oxygen atoms in total. The number of carbonyl (C=O) groups excluding carboxylic acids is 1. The zero-order valence-corrected chi connectivity index (χ0v) is 20.8. The molecule has 2 unspecified atom stereocenters. The summed E-state index contributed by atoms with van der Waals surface area (Å²) in [5, 5.41) is 4.77. The van der Waals surface area contributed by atoms with Crippen LogP contribution >= 0.6 is 0 Å². The second-order valence-electron chi connectivity index (χ2n) is 8.85. The third-order valence-electron chi connectivity index (χ3n) is 6.00. The lowest BCUT2D eigenvalue weighted by molar-refractivity contribution is 0.0505. The first-order valence-corrected chi connectivity index (χ1v) is 13.1. The summed E-state index contributed by atoms with van der Waals surface area (Å²) in [4.78, 5) is 19.7. The van der Waals surface area contributed by atoms with E-state index in [-0.39, 0.29) is 23.6 Å². The number of likely N-dealkylation sites (tertiary alicyclic amines) is 1. The molecule has 1 fully saturated rings. The van der Waals surface area contributed by atoms with Crippen molar-refractivity contribution in [2.45, 2.75) is 53.0 Å². The maximum absolute atomic E-state index is 13.8. The monoisotopic (exact) mass is 471 g/mol. The third-order valence-corrected chi connectivity index (χ3v) is 6.59. The summed E-state index contributed by atoms with van der Waals surface area (Å²) in [7, 11) is -3.54. The molecule has 178 valence electrons. The Kier molecular flexibility index (Phi) is 7.41. The van der Waals surface area contributed by atoms with Gasteiger partial charge >= 0.3 is 0 Å². The molecule has 0 aliphatic carbocycles. The lowest BCUT2D eigenvalue weighted by Gasteiger charge is -2.39. The van der Waals surface area contributed by atoms with Gasteiger partial charge in [-0.25, -0.2) is 18.1 Å². The van der Waals surface area contributed by atoms with Gasteiger partial charge in [0.25, 0.3) is 5.91 Å². The third kappa shape index (κ3) is 5.71. The number of aromatic nitrogens is 2. The van der Waals surface area contributed by atoms with Crippen molar-refractivity contribution in [1.29, 1.82) is 0 Å². The van der Waals surface area contributed by atoms with E-state index in [1.165, 1.54) is 0 Å². The number of hydrogen-bond donors (Lipinski definition) is 1. The van der Waals surface area contributed by atoms with Gasteiger partial charge in [-0.2, -0.15) is 5.10 Å². The van der Waals surface area contributed by atoms with E-state index in [9.17, 15) is 13.2 Å². The van der Waals surface area contributed by atoms with Gasteiger partial charge in [0.2, 0.25) is 10.0 Å². The number of benzene rings is 1. The number of nitrogens with one attached hydrogen (secondary N) is 1. The minimum atomic E-state index is -3.54. The molecule has 1 aliphatic heterocycles. The van der Waals surface area contributed by atoms with Crippen molar-refractivity contribution >= 4 is 40.4 Å². The van der Waals surface area contributed by atoms with Gasteiger partial charge in [0.05, 0.1) is 29.2 Å². The van der Waals surface area contributed by atoms with Gasteiger partial charge in [0.1, 0.15) is 0 Å². The van der Waals surface area contributed by atoms with Crippen molar-refractivity contribution in [2.24, 2.45) is 10.9 Å². The molecular weight excluding hydrogens is 438 g/mol. The smallest absolute Gasteiger partial charge is 0.256 e. The molecule has 0 spiro atoms. The number of sulfonamides is 1. The number of rotatable bonds is 7. The highest BCUT2D eigenvalue weighted by Gasteiger charge is 2.36. The second kappa shape index (κ2) is 9.91. The van der Waals surface area contributed by atoms with Gasteiger partial charge in [0.15, 0.2) is 5.82 Å². The van der Waals surface area contributed by atoms with E-state index < -0.39 is 10.0 Å². The van der Waals surface area contributed by atoms with Crippen molar-refractivity contribution in [1.82, 2.24) is 14.7 Å². The molecule has 0 radical (unpaired) electrons. The van der Waals surface area contributed by atoms with E-state index in [1.807, 2.05) is 31.0 Å². The van der Waals surface area contributed by atoms with Crippen LogP contribution in [0.1, 0.15) is 67.7 Å². The molecular formula is C24H33N5O3S. The Bertz CT molecular complexity index is 1180. The zero-order chi connectivity index (χ0) is 24.3. The minimum Gasteiger partial charge on any atom is -0.330 e. The predicted octanol–water partition coefficient (Wildman–Crippen LogP) is 4.78. The fraction of sp³-hybridized carbons (Fsp3) is 0.458. The van der Waals surface area contributed by atoms with Crippen molar-refractivity contribution in [2.75, 3.05) is 17.5 Å². The molecule has 1 N–H and O–H groups in total. The number of allylic oxidation sites excluding steroid dienone is 1. The predicted molar refractivity (Wildman–Crippen MR) is 133 cm³/mol. The summed E-state index contributed by atoms with van der Waals surface area (Å²) >= 11 is 0. The number of anilines is 1. The number of nitrogens with zero attached hydrogens (tertiary/aromatic N) is 4. The van der Waals surface area contributed by atoms with E-state index in [2.05, 4.69) is 30.3 Å². The van der Waals surface area contributed by atoms with Crippen LogP contribution in [0.3, 0.4) is 0 Å². The van der Waals surface area contributed by atoms with E-state index in [0.29, 0.717) is 17.9 Å². The van der Waals surface area contributed by atoms with Crippen molar-refractivity contribution in [3.05, 3.63) is 46.7 Å². The van der Waals surface area contributed by atoms with Crippen LogP contribution in [0, 0.1) is 12.8 Å². The maximum atomic E-state index is 13.8. The standard InChI is InChI=1S/C24H33N5O3S/c1-7-16(2)15-29-22(25-5)14-21(26-29)23-18(4)9-8-12-28(23)24(30)19-13-17(3)10-11-20(19)27-33(6,31)32/h10-11,13-15,18,23,27H,5,7-9,12H2,1-4,6H3. The molecule has 1 aliphatic rings. The molecule has 3 rings (SSSR count). The lowest BCUT2D eigenvalue weighted by Crippen LogP contribution is -2.42. The van der Waals surface area contributed by atoms with Crippen molar-refractivity contribution in [3.63, 3.8) is 0 Å². The number of hydrogen-bond acceptors (Lipinski definition) is 5. The van der Waals surface area contributed by atoms with Gasteiger partial charge in [-0.05, 0) is 57.9 Å². The quantitative estimate of drug-likeness (QED) is 0.588. The number of aliphatic imine (C=N–C) groups is 1. The first-order chi connectivity index (χ1) is 15.5. The van der Waals surface area contributed by atoms with Crippen LogP contribution in [0.4, 0.5) is 11.5 Å². The Balaban J connectivity index is 2.06. The molecule has 9 heteroatoms. The van der Waals surface area contributed by atoms with Crippen LogP contribution in [0.2, 0.25) is 0 Å². The molecule has 1 amide bonds. The van der Waals surface area contributed by atoms with Crippen LogP contribution in [0.5, 0.6) is 0 Å². The summed E-state index contributed by atoms with van der Waals surface area (Å²) in [5.74, 6) is 0.582. The van der Waals surface area contributed by atoms with Gasteiger partial charge in [-0.1, -0.05) is 31.1 Å². The maximum Gasteiger partial charge on any atom is 0.256 e. The van der Waals surface area contributed by atoms with E-state index in [0.717, 1.165) is 42.3 Å². The van der Waals surface area contributed by atoms with Crippen molar-refractivity contribution in [3.8, 4) is 0 Å². The van der Waals surface area contributed by atoms with Gasteiger partial charge in [0, 0.05) is 18.8 Å². The summed E-state index contributed by atoms with van der Waals surface area (Å²) in [6, 6.07) is 6.78. The van der Waals surface area contributed by atoms with Crippen LogP contribution < -0.4 is 4.72 Å². The Hall–Kier alpha value is -2.94. The topological polar surface area (TPSA) is 96.7 Å². The van der Waals surface area contributed by atoms with Crippen LogP contribution in [-0.2, 0) is 10.0 Å². The van der Waals surface area contributed by atoms with Gasteiger partial charge < -0.3 is 4.90 Å². The minimum absolute atomic E-state index is 0.177. The largest absolute Gasteiger partial charge is 0.330 e. The molecule has 2 heterocycles. The Morgan fingerprint density at radius 1 is 1.36 bits per heavy atom. The highest BCUT2D eigenvalue weighted by Crippen LogP contribution is 2.38. The van der Waals surface area contributed by atoms with Crippen molar-refractivity contribution < 1.29 is 13.2 Å². The lowest BCUT2D eigenvalue weighted by atomic mass is 9.88. The number of piperidine rings is 1. The fourth-order valence-corrected chi connectivity index (χ4v) is 4.78. The molecule has 1 aromatic heterocycles. The summed E-state index contributed by atoms with van der Waals surface area (Å²) < 4.78 is 28.0. The summed E-state index contributed by atoms with van der Waals surface area (Å²) in [6.07, 6.45) is 5.73. The van der Waals surface area contributed by atoms with E-state index >= 15 is 0 Å². The SMILES string of the molecule is C=Nc1cc(C2C(C)CCCN2C(=O)c2cc(C)ccc2NS(C)(=O)=O)nn1C=C(C)CC. The number of carbonyl (C=O) groups is 1. The Labute approximate surface area is 196 Å². The summed E-state index contributed by atoms with van der Waals surface area (Å²) in [6.45, 7) is 12.3. The van der Waals surface area contributed by atoms with Crippen LogP contribution in [0.25, 0.3) is 6.20 Å². The average molecular weight is 472 g/mol. The van der Waals surface area contributed by atoms with Crippen LogP contribution in [-0.4, -0.2) is 48.5 Å². The molecule has 2 aromatic rings. The van der Waals surface area contributed by atoms with Gasteiger partial charge in [-0.15, -0.1) is 0 Å². The Morgan fingerprint density at radius 3 is 2.73 bits per heavy atom. The fourth-order valence-electron chi connectivity index (χ4n) is 4.21. The molecule has 0 bridgehead atoms. The molecule has 1 saturated heterocycles. The van der Waals surface area contributed by atoms with Crippen LogP contribution in [0.15, 0.2) is 34.8 Å². The van der Waals surface area contributed by atoms with Gasteiger partial charge in [-0.3, -0.25) is 9.52 Å². The normalized spacial score (nSPS) is 19.4. The summed E-state index contributed by atoms with van der Waals surface area (Å²) in [5.41, 5.74) is 3.40. The second-order valence-corrected chi connectivity index (χ2v) is 10.6. The first kappa shape index (κ1) is 24.7. The van der Waals surface area contributed by atoms with E-state index in [4.69, 9.17) is 5.10 Å². The molecule has 2 atom stereocenters. The van der Waals surface area contributed by atoms with E-state index in [1.54, 1.807) is 22.9 Å². The molecule has 33 heavy (non-hydrogen) atoms. The average Bonchev–Trinajstić information content (AvgIpc) is 3.15. The zero-order valence-electron chi connectivity index (χ0n) is 20.0. The highest BCUT2D eigenvalue weighted by molar-refractivity contribution is 7.92. The number of amides is 1. The number of aryl methyl sites for hydroxylation is 1. The molecule has 0 saturated carbocycles.